The number of amides is 2. The number of thiazole rings is 1. The monoisotopic (exact) mass is 562 g/mol. The smallest absolute Gasteiger partial charge is 0.255 e. The van der Waals surface area contributed by atoms with Crippen molar-refractivity contribution in [2.24, 2.45) is 0 Å². The van der Waals surface area contributed by atoms with Gasteiger partial charge in [-0.15, -0.1) is 11.3 Å². The Morgan fingerprint density at radius 1 is 1.18 bits per heavy atom. The third-order valence-corrected chi connectivity index (χ3v) is 9.00. The van der Waals surface area contributed by atoms with Crippen LogP contribution < -0.4 is 10.6 Å². The van der Waals surface area contributed by atoms with E-state index in [2.05, 4.69) is 20.7 Å². The molecule has 5 atom stereocenters. The molecule has 0 bridgehead atoms. The molecule has 3 heterocycles. The van der Waals surface area contributed by atoms with Crippen molar-refractivity contribution in [1.29, 1.82) is 0 Å². The van der Waals surface area contributed by atoms with Gasteiger partial charge in [-0.25, -0.2) is 18.1 Å². The van der Waals surface area contributed by atoms with E-state index in [1.54, 1.807) is 54.6 Å². The van der Waals surface area contributed by atoms with Crippen molar-refractivity contribution in [2.75, 3.05) is 25.2 Å². The first kappa shape index (κ1) is 27.7. The van der Waals surface area contributed by atoms with Crippen molar-refractivity contribution in [3.05, 3.63) is 59.4 Å². The molecule has 38 heavy (non-hydrogen) atoms. The second kappa shape index (κ2) is 11.2. The van der Waals surface area contributed by atoms with Gasteiger partial charge in [0.2, 0.25) is 0 Å². The Morgan fingerprint density at radius 3 is 2.47 bits per heavy atom. The van der Waals surface area contributed by atoms with Crippen LogP contribution in [0.1, 0.15) is 36.7 Å². The molecule has 1 unspecified atom stereocenters. The fraction of sp³-hybridized carbons (Fsp3) is 0.417. The SMILES string of the molecule is CNc1nc([C@H]2CC(S(C)(=O)=O)CN2C(=O)[C@H](O)[C@@H](O)C(=O)N[C@H](C)c2ccc(-n3cccn3)cc2)cs1. The van der Waals surface area contributed by atoms with E-state index < -0.39 is 51.2 Å². The maximum atomic E-state index is 13.2. The zero-order chi connectivity index (χ0) is 27.6. The lowest BCUT2D eigenvalue weighted by Gasteiger charge is -2.28. The number of nitrogens with zero attached hydrogens (tertiary/aromatic N) is 4. The Hall–Kier alpha value is -3.33. The molecule has 0 radical (unpaired) electrons. The highest BCUT2D eigenvalue weighted by Gasteiger charge is 2.45. The fourth-order valence-electron chi connectivity index (χ4n) is 4.35. The van der Waals surface area contributed by atoms with Crippen LogP contribution in [0, 0.1) is 0 Å². The lowest BCUT2D eigenvalue weighted by Crippen LogP contribution is -2.51. The molecule has 1 aliphatic rings. The van der Waals surface area contributed by atoms with Crippen LogP contribution in [0.3, 0.4) is 0 Å². The van der Waals surface area contributed by atoms with Gasteiger partial charge < -0.3 is 25.7 Å². The molecule has 4 N–H and O–H groups in total. The van der Waals surface area contributed by atoms with Crippen molar-refractivity contribution in [3.63, 3.8) is 0 Å². The lowest BCUT2D eigenvalue weighted by molar-refractivity contribution is -0.154. The van der Waals surface area contributed by atoms with Crippen molar-refractivity contribution in [2.45, 2.75) is 42.9 Å². The van der Waals surface area contributed by atoms with Crippen LogP contribution in [0.2, 0.25) is 0 Å². The summed E-state index contributed by atoms with van der Waals surface area (Å²) in [6.07, 6.45) is 0.490. The van der Waals surface area contributed by atoms with E-state index in [4.69, 9.17) is 0 Å². The Labute approximate surface area is 224 Å². The number of carbonyl (C=O) groups excluding carboxylic acids is 2. The van der Waals surface area contributed by atoms with Gasteiger partial charge in [-0.3, -0.25) is 9.59 Å². The van der Waals surface area contributed by atoms with Gasteiger partial charge in [0.05, 0.1) is 28.7 Å². The summed E-state index contributed by atoms with van der Waals surface area (Å²) in [5, 5.41) is 32.3. The molecule has 0 saturated carbocycles. The predicted molar refractivity (Wildman–Crippen MR) is 141 cm³/mol. The zero-order valence-electron chi connectivity index (χ0n) is 21.1. The van der Waals surface area contributed by atoms with Gasteiger partial charge in [-0.2, -0.15) is 5.10 Å². The highest BCUT2D eigenvalue weighted by atomic mass is 32.2. The molecule has 1 aliphatic heterocycles. The average Bonchev–Trinajstić information content (AvgIpc) is 3.67. The van der Waals surface area contributed by atoms with Gasteiger partial charge in [0.1, 0.15) is 0 Å². The summed E-state index contributed by atoms with van der Waals surface area (Å²) in [6, 6.07) is 7.78. The molecule has 2 amide bonds. The second-order valence-corrected chi connectivity index (χ2v) is 12.4. The molecule has 1 saturated heterocycles. The number of anilines is 1. The molecule has 0 aliphatic carbocycles. The second-order valence-electron chi connectivity index (χ2n) is 9.18. The molecule has 14 heteroatoms. The van der Waals surface area contributed by atoms with Gasteiger partial charge in [0.25, 0.3) is 11.8 Å². The number of aliphatic hydroxyl groups is 2. The quantitative estimate of drug-likeness (QED) is 0.293. The largest absolute Gasteiger partial charge is 0.380 e. The predicted octanol–water partition coefficient (Wildman–Crippen LogP) is 0.656. The minimum Gasteiger partial charge on any atom is -0.380 e. The van der Waals surface area contributed by atoms with Gasteiger partial charge >= 0.3 is 0 Å². The molecule has 1 fully saturated rings. The van der Waals surface area contributed by atoms with Crippen molar-refractivity contribution in [1.82, 2.24) is 25.0 Å². The first-order chi connectivity index (χ1) is 18.0. The van der Waals surface area contributed by atoms with Crippen LogP contribution in [-0.4, -0.2) is 87.4 Å². The molecule has 1 aromatic carbocycles. The van der Waals surface area contributed by atoms with Crippen molar-refractivity contribution < 1.29 is 28.2 Å². The summed E-state index contributed by atoms with van der Waals surface area (Å²) in [5.74, 6) is -1.88. The minimum atomic E-state index is -3.50. The summed E-state index contributed by atoms with van der Waals surface area (Å²) in [7, 11) is -1.81. The van der Waals surface area contributed by atoms with E-state index in [1.807, 2.05) is 12.1 Å². The highest BCUT2D eigenvalue weighted by Crippen LogP contribution is 2.36. The number of hydrogen-bond donors (Lipinski definition) is 4. The molecule has 12 nitrogen and oxygen atoms in total. The maximum Gasteiger partial charge on any atom is 0.255 e. The first-order valence-corrected chi connectivity index (χ1v) is 14.7. The normalized spacial score (nSPS) is 20.1. The number of rotatable bonds is 9. The third kappa shape index (κ3) is 5.88. The fourth-order valence-corrected chi connectivity index (χ4v) is 6.03. The number of sulfone groups is 1. The Bertz CT molecular complexity index is 1380. The number of aliphatic hydroxyl groups excluding tert-OH is 2. The number of carbonyl (C=O) groups is 2. The maximum absolute atomic E-state index is 13.2. The van der Waals surface area contributed by atoms with Crippen LogP contribution in [0.5, 0.6) is 0 Å². The van der Waals surface area contributed by atoms with Crippen LogP contribution in [-0.2, 0) is 19.4 Å². The molecule has 0 spiro atoms. The van der Waals surface area contributed by atoms with Gasteiger partial charge in [0, 0.05) is 37.6 Å². The van der Waals surface area contributed by atoms with Crippen LogP contribution in [0.25, 0.3) is 5.69 Å². The third-order valence-electron chi connectivity index (χ3n) is 6.57. The number of aromatic nitrogens is 3. The molecule has 2 aromatic heterocycles. The molecule has 3 aromatic rings. The highest BCUT2D eigenvalue weighted by molar-refractivity contribution is 7.91. The van der Waals surface area contributed by atoms with E-state index in [0.717, 1.165) is 17.5 Å². The molecule has 204 valence electrons. The van der Waals surface area contributed by atoms with Crippen LogP contribution in [0.15, 0.2) is 48.1 Å². The summed E-state index contributed by atoms with van der Waals surface area (Å²) >= 11 is 1.29. The Morgan fingerprint density at radius 2 is 1.89 bits per heavy atom. The Kier molecular flexibility index (Phi) is 8.16. The van der Waals surface area contributed by atoms with Crippen molar-refractivity contribution >= 4 is 38.1 Å². The summed E-state index contributed by atoms with van der Waals surface area (Å²) in [5.41, 5.74) is 2.03. The topological polar surface area (TPSA) is 167 Å². The van der Waals surface area contributed by atoms with E-state index in [9.17, 15) is 28.2 Å². The zero-order valence-corrected chi connectivity index (χ0v) is 22.7. The summed E-state index contributed by atoms with van der Waals surface area (Å²) in [4.78, 5) is 31.5. The summed E-state index contributed by atoms with van der Waals surface area (Å²) in [6.45, 7) is 1.52. The first-order valence-electron chi connectivity index (χ1n) is 11.9. The standard InChI is InChI=1S/C24H30N6O6S2/c1-14(15-5-7-16(8-6-15)30-10-4-9-26-30)27-22(33)20(31)21(32)23(34)29-12-17(38(3,35)36)11-19(29)18-13-37-24(25-2)28-18/h4-10,13-14,17,19-21,31-32H,11-12H2,1-3H3,(H,25,28)(H,27,33)/t14-,17?,19-,20-,21-/m1/s1. The minimum absolute atomic E-state index is 0.0953. The van der Waals surface area contributed by atoms with Crippen molar-refractivity contribution in [3.8, 4) is 5.69 Å². The van der Waals surface area contributed by atoms with Crippen LogP contribution in [0.4, 0.5) is 5.13 Å². The Balaban J connectivity index is 1.44. The van der Waals surface area contributed by atoms with E-state index in [-0.39, 0.29) is 13.0 Å². The van der Waals surface area contributed by atoms with E-state index in [0.29, 0.717) is 10.8 Å². The van der Waals surface area contributed by atoms with Crippen LogP contribution >= 0.6 is 11.3 Å². The molecule has 4 rings (SSSR count). The average molecular weight is 563 g/mol. The number of benzene rings is 1. The summed E-state index contributed by atoms with van der Waals surface area (Å²) < 4.78 is 26.2. The van der Waals surface area contributed by atoms with E-state index >= 15 is 0 Å². The van der Waals surface area contributed by atoms with Gasteiger partial charge in [-0.1, -0.05) is 12.1 Å². The molecular formula is C24H30N6O6S2. The van der Waals surface area contributed by atoms with Gasteiger partial charge in [-0.05, 0) is 37.1 Å². The van der Waals surface area contributed by atoms with E-state index in [1.165, 1.54) is 16.2 Å². The van der Waals surface area contributed by atoms with Gasteiger partial charge in [0.15, 0.2) is 27.2 Å². The number of hydrogen-bond acceptors (Lipinski definition) is 10. The molecular weight excluding hydrogens is 532 g/mol. The lowest BCUT2D eigenvalue weighted by atomic mass is 10.1. The number of likely N-dealkylation sites (tertiary alicyclic amines) is 1. The number of nitrogens with one attached hydrogen (secondary N) is 2.